The maximum atomic E-state index is 10.8. The molecule has 5 nitrogen and oxygen atoms in total. The second-order valence-corrected chi connectivity index (χ2v) is 3.11. The summed E-state index contributed by atoms with van der Waals surface area (Å²) < 4.78 is 9.91. The highest BCUT2D eigenvalue weighted by Gasteiger charge is 2.07. The highest BCUT2D eigenvalue weighted by Crippen LogP contribution is 1.93. The van der Waals surface area contributed by atoms with Crippen LogP contribution in [0, 0.1) is 11.3 Å². The molecule has 0 spiro atoms. The van der Waals surface area contributed by atoms with Gasteiger partial charge in [-0.15, -0.1) is 0 Å². The molecule has 0 aliphatic heterocycles. The first-order valence-electron chi connectivity index (χ1n) is 4.87. The minimum atomic E-state index is -0.380. The Morgan fingerprint density at radius 2 is 1.73 bits per heavy atom. The Labute approximate surface area is 90.6 Å². The number of carbonyl (C=O) groups is 1. The van der Waals surface area contributed by atoms with E-state index in [1.165, 1.54) is 0 Å². The summed E-state index contributed by atoms with van der Waals surface area (Å²) >= 11 is 0. The van der Waals surface area contributed by atoms with Gasteiger partial charge >= 0.3 is 0 Å². The van der Waals surface area contributed by atoms with E-state index in [0.29, 0.717) is 19.8 Å². The van der Waals surface area contributed by atoms with Gasteiger partial charge in [0.1, 0.15) is 6.07 Å². The molecule has 0 amide bonds. The normalized spacial score (nSPS) is 10.3. The van der Waals surface area contributed by atoms with E-state index >= 15 is 0 Å². The minimum Gasteiger partial charge on any atom is -0.383 e. The van der Waals surface area contributed by atoms with Gasteiger partial charge in [0, 0.05) is 40.3 Å². The van der Waals surface area contributed by atoms with Crippen LogP contribution in [0.5, 0.6) is 0 Å². The molecule has 0 unspecified atom stereocenters. The van der Waals surface area contributed by atoms with Crippen molar-refractivity contribution in [1.29, 1.82) is 5.26 Å². The van der Waals surface area contributed by atoms with Crippen LogP contribution in [0.1, 0.15) is 6.42 Å². The molecule has 0 bridgehead atoms. The van der Waals surface area contributed by atoms with Gasteiger partial charge in [0.2, 0.25) is 5.78 Å². The number of ketones is 1. The Morgan fingerprint density at radius 1 is 1.20 bits per heavy atom. The fraction of sp³-hybridized carbons (Fsp3) is 0.800. The van der Waals surface area contributed by atoms with Gasteiger partial charge < -0.3 is 9.47 Å². The van der Waals surface area contributed by atoms with E-state index in [0.717, 1.165) is 13.1 Å². The Morgan fingerprint density at radius 3 is 2.13 bits per heavy atom. The zero-order valence-electron chi connectivity index (χ0n) is 9.36. The van der Waals surface area contributed by atoms with Gasteiger partial charge in [-0.05, 0) is 0 Å². The van der Waals surface area contributed by atoms with Gasteiger partial charge in [-0.1, -0.05) is 0 Å². The van der Waals surface area contributed by atoms with E-state index in [2.05, 4.69) is 0 Å². The molecule has 0 saturated heterocycles. The summed E-state index contributed by atoms with van der Waals surface area (Å²) in [5, 5.41) is 8.33. The van der Waals surface area contributed by atoms with Gasteiger partial charge in [-0.25, -0.2) is 0 Å². The Hall–Kier alpha value is -0.960. The number of Topliss-reactive ketones (excluding diaryl/α,β-unsaturated/α-hetero) is 1. The fourth-order valence-corrected chi connectivity index (χ4v) is 1.09. The lowest BCUT2D eigenvalue weighted by atomic mass is 10.3. The predicted octanol–water partition coefficient (Wildman–Crippen LogP) is 0.0640. The average molecular weight is 214 g/mol. The average Bonchev–Trinajstić information content (AvgIpc) is 2.27. The lowest BCUT2D eigenvalue weighted by Crippen LogP contribution is -2.32. The summed E-state index contributed by atoms with van der Waals surface area (Å²) in [5.41, 5.74) is 0. The maximum absolute atomic E-state index is 10.8. The number of ether oxygens (including phenoxy) is 2. The van der Waals surface area contributed by atoms with Crippen molar-refractivity contribution in [2.75, 3.05) is 47.1 Å². The molecule has 0 radical (unpaired) electrons. The van der Waals surface area contributed by atoms with E-state index in [9.17, 15) is 4.79 Å². The molecule has 0 aromatic heterocycles. The molecule has 0 aliphatic rings. The summed E-state index contributed by atoms with van der Waals surface area (Å²) in [6, 6.07) is 1.60. The third-order valence-corrected chi connectivity index (χ3v) is 2.00. The van der Waals surface area contributed by atoms with E-state index in [-0.39, 0.29) is 12.2 Å². The van der Waals surface area contributed by atoms with Crippen molar-refractivity contribution < 1.29 is 14.3 Å². The monoisotopic (exact) mass is 214 g/mol. The van der Waals surface area contributed by atoms with Crippen LogP contribution < -0.4 is 0 Å². The Bertz CT molecular complexity index is 205. The van der Waals surface area contributed by atoms with Gasteiger partial charge in [-0.3, -0.25) is 9.69 Å². The molecule has 5 heteroatoms. The molecule has 86 valence electrons. The van der Waals surface area contributed by atoms with Crippen LogP contribution in [-0.2, 0) is 14.3 Å². The first-order chi connectivity index (χ1) is 7.24. The van der Waals surface area contributed by atoms with Crippen LogP contribution >= 0.6 is 0 Å². The minimum absolute atomic E-state index is 0.268. The summed E-state index contributed by atoms with van der Waals surface area (Å²) in [6.07, 6.45) is 0.268. The summed E-state index contributed by atoms with van der Waals surface area (Å²) in [6.45, 7) is 3.31. The first-order valence-corrected chi connectivity index (χ1v) is 4.87. The number of methoxy groups -OCH3 is 2. The van der Waals surface area contributed by atoms with E-state index in [1.807, 2.05) is 4.90 Å². The molecule has 15 heavy (non-hydrogen) atoms. The van der Waals surface area contributed by atoms with E-state index in [1.54, 1.807) is 20.3 Å². The van der Waals surface area contributed by atoms with Gasteiger partial charge in [0.25, 0.3) is 0 Å². The lowest BCUT2D eigenvalue weighted by molar-refractivity contribution is -0.114. The number of rotatable bonds is 9. The molecule has 0 aromatic rings. The van der Waals surface area contributed by atoms with Crippen molar-refractivity contribution >= 4 is 5.78 Å². The van der Waals surface area contributed by atoms with Crippen molar-refractivity contribution in [1.82, 2.24) is 4.90 Å². The van der Waals surface area contributed by atoms with Crippen molar-refractivity contribution in [3.8, 4) is 6.07 Å². The molecule has 0 rings (SSSR count). The quantitative estimate of drug-likeness (QED) is 0.508. The van der Waals surface area contributed by atoms with Crippen molar-refractivity contribution in [3.63, 3.8) is 0 Å². The largest absolute Gasteiger partial charge is 0.383 e. The zero-order valence-corrected chi connectivity index (χ0v) is 9.36. The number of carbonyl (C=O) groups excluding carboxylic acids is 1. The standard InChI is InChI=1S/C10H18N2O3/c1-14-7-5-12(6-8-15-2)4-3-10(13)9-11/h3-8H2,1-2H3. The van der Waals surface area contributed by atoms with Gasteiger partial charge in [0.15, 0.2) is 0 Å². The van der Waals surface area contributed by atoms with Crippen LogP contribution in [-0.4, -0.2) is 57.8 Å². The second-order valence-electron chi connectivity index (χ2n) is 3.11. The second kappa shape index (κ2) is 9.59. The first kappa shape index (κ1) is 14.0. The number of hydrogen-bond donors (Lipinski definition) is 0. The summed E-state index contributed by atoms with van der Waals surface area (Å²) in [4.78, 5) is 12.9. The summed E-state index contributed by atoms with van der Waals surface area (Å²) in [5.74, 6) is -0.380. The molecule has 0 heterocycles. The molecule has 0 N–H and O–H groups in total. The molecule has 0 fully saturated rings. The fourth-order valence-electron chi connectivity index (χ4n) is 1.09. The van der Waals surface area contributed by atoms with Gasteiger partial charge in [0.05, 0.1) is 13.2 Å². The highest BCUT2D eigenvalue weighted by atomic mass is 16.5. The van der Waals surface area contributed by atoms with Crippen molar-refractivity contribution in [3.05, 3.63) is 0 Å². The number of nitriles is 1. The molecular formula is C10H18N2O3. The predicted molar refractivity (Wildman–Crippen MR) is 55.4 cm³/mol. The zero-order chi connectivity index (χ0) is 11.5. The molecule has 0 atom stereocenters. The van der Waals surface area contributed by atoms with Crippen LogP contribution in [0.15, 0.2) is 0 Å². The third-order valence-electron chi connectivity index (χ3n) is 2.00. The van der Waals surface area contributed by atoms with Crippen molar-refractivity contribution in [2.45, 2.75) is 6.42 Å². The molecule has 0 aromatic carbocycles. The maximum Gasteiger partial charge on any atom is 0.233 e. The Kier molecular flexibility index (Phi) is 8.98. The van der Waals surface area contributed by atoms with Gasteiger partial charge in [-0.2, -0.15) is 5.26 Å². The smallest absolute Gasteiger partial charge is 0.233 e. The van der Waals surface area contributed by atoms with Crippen molar-refractivity contribution in [2.24, 2.45) is 0 Å². The molecule has 0 saturated carbocycles. The topological polar surface area (TPSA) is 62.6 Å². The Balaban J connectivity index is 3.79. The lowest BCUT2D eigenvalue weighted by Gasteiger charge is -2.20. The molecule has 0 aliphatic carbocycles. The van der Waals surface area contributed by atoms with E-state index < -0.39 is 0 Å². The number of hydrogen-bond acceptors (Lipinski definition) is 5. The highest BCUT2D eigenvalue weighted by molar-refractivity contribution is 5.93. The number of nitrogens with zero attached hydrogens (tertiary/aromatic N) is 2. The molecular weight excluding hydrogens is 196 g/mol. The summed E-state index contributed by atoms with van der Waals surface area (Å²) in [7, 11) is 3.27. The van der Waals surface area contributed by atoms with Crippen LogP contribution in [0.25, 0.3) is 0 Å². The third kappa shape index (κ3) is 8.06. The van der Waals surface area contributed by atoms with Crippen LogP contribution in [0.2, 0.25) is 0 Å². The van der Waals surface area contributed by atoms with E-state index in [4.69, 9.17) is 14.7 Å². The van der Waals surface area contributed by atoms with Crippen LogP contribution in [0.3, 0.4) is 0 Å². The SMILES string of the molecule is COCCN(CCOC)CCC(=O)C#N. The van der Waals surface area contributed by atoms with Crippen LogP contribution in [0.4, 0.5) is 0 Å².